The van der Waals surface area contributed by atoms with E-state index in [1.54, 1.807) is 42.5 Å². The first-order valence-electron chi connectivity index (χ1n) is 9.49. The lowest BCUT2D eigenvalue weighted by Crippen LogP contribution is -2.43. The number of benzene rings is 3. The number of aryl methyl sites for hydroxylation is 1. The molecule has 1 aromatic heterocycles. The van der Waals surface area contributed by atoms with Crippen molar-refractivity contribution in [2.45, 2.75) is 19.4 Å². The van der Waals surface area contributed by atoms with Crippen molar-refractivity contribution in [3.63, 3.8) is 0 Å². The molecule has 0 saturated carbocycles. The molecular formula is C23H19NO6S. The second kappa shape index (κ2) is 8.33. The van der Waals surface area contributed by atoms with Gasteiger partial charge in [0.05, 0.1) is 5.69 Å². The molecule has 0 amide bonds. The largest absolute Gasteiger partial charge is 0.480 e. The van der Waals surface area contributed by atoms with Crippen LogP contribution in [0.15, 0.2) is 71.1 Å². The summed E-state index contributed by atoms with van der Waals surface area (Å²) in [6.07, 6.45) is -0.475. The van der Waals surface area contributed by atoms with Gasteiger partial charge >= 0.3 is 5.97 Å². The topological polar surface area (TPSA) is 108 Å². The quantitative estimate of drug-likeness (QED) is 0.324. The predicted molar refractivity (Wildman–Crippen MR) is 119 cm³/mol. The molecule has 7 nitrogen and oxygen atoms in total. The van der Waals surface area contributed by atoms with Crippen molar-refractivity contribution in [1.29, 1.82) is 0 Å². The van der Waals surface area contributed by atoms with E-state index in [1.165, 1.54) is 0 Å². The normalized spacial score (nSPS) is 13.2. The van der Waals surface area contributed by atoms with Crippen LogP contribution in [0.5, 0.6) is 0 Å². The number of aliphatic carboxylic acids is 1. The summed E-state index contributed by atoms with van der Waals surface area (Å²) in [5.41, 5.74) is 2.76. The number of rotatable bonds is 7. The number of fused-ring (bicyclic) bond motifs is 3. The van der Waals surface area contributed by atoms with Crippen LogP contribution in [-0.2, 0) is 16.1 Å². The van der Waals surface area contributed by atoms with Gasteiger partial charge in [-0.3, -0.25) is 13.7 Å². The molecule has 31 heavy (non-hydrogen) atoms. The van der Waals surface area contributed by atoms with E-state index in [9.17, 15) is 23.5 Å². The fraction of sp³-hybridized carbons (Fsp3) is 0.130. The zero-order valence-electron chi connectivity index (χ0n) is 16.5. The molecule has 0 fully saturated rings. The molecule has 8 heteroatoms. The van der Waals surface area contributed by atoms with Gasteiger partial charge in [0.15, 0.2) is 5.78 Å². The van der Waals surface area contributed by atoms with Crippen molar-refractivity contribution in [2.75, 3.05) is 4.31 Å². The Morgan fingerprint density at radius 1 is 1.00 bits per heavy atom. The van der Waals surface area contributed by atoms with Gasteiger partial charge in [-0.1, -0.05) is 35.9 Å². The van der Waals surface area contributed by atoms with Crippen LogP contribution in [0.1, 0.15) is 22.3 Å². The number of ketones is 1. The predicted octanol–water partition coefficient (Wildman–Crippen LogP) is 4.56. The third kappa shape index (κ3) is 4.08. The number of furan rings is 1. The first-order valence-corrected chi connectivity index (χ1v) is 10.6. The van der Waals surface area contributed by atoms with E-state index in [0.717, 1.165) is 20.6 Å². The second-order valence-corrected chi connectivity index (χ2v) is 8.04. The maximum Gasteiger partial charge on any atom is 0.328 e. The third-order valence-electron chi connectivity index (χ3n) is 5.10. The number of carboxylic acids is 1. The maximum absolute atomic E-state index is 13.0. The van der Waals surface area contributed by atoms with E-state index in [-0.39, 0.29) is 5.69 Å². The molecule has 3 aromatic carbocycles. The summed E-state index contributed by atoms with van der Waals surface area (Å²) < 4.78 is 28.3. The van der Waals surface area contributed by atoms with Crippen LogP contribution in [-0.4, -0.2) is 31.7 Å². The average molecular weight is 437 g/mol. The van der Waals surface area contributed by atoms with Crippen molar-refractivity contribution >= 4 is 50.6 Å². The SMILES string of the molecule is Cc1ccc(N(C(CC(=O)c2ccc3oc4ccccc4c3c2)C(=O)O)S(=O)O)cc1. The molecule has 158 valence electrons. The molecule has 1 heterocycles. The molecule has 2 N–H and O–H groups in total. The Morgan fingerprint density at radius 2 is 1.68 bits per heavy atom. The first kappa shape index (κ1) is 20.8. The van der Waals surface area contributed by atoms with Gasteiger partial charge in [-0.25, -0.2) is 9.00 Å². The Kier molecular flexibility index (Phi) is 5.58. The standard InChI is InChI=1S/C23H19NO6S/c1-14-6-9-16(10-7-14)24(31(28)29)19(23(26)27)13-20(25)15-8-11-22-18(12-15)17-4-2-3-5-21(17)30-22/h2-12,19H,13H2,1H3,(H,26,27)(H,28,29). The molecule has 0 aliphatic carbocycles. The van der Waals surface area contributed by atoms with E-state index >= 15 is 0 Å². The number of para-hydroxylation sites is 1. The molecule has 0 aliphatic heterocycles. The highest BCUT2D eigenvalue weighted by Crippen LogP contribution is 2.30. The average Bonchev–Trinajstić information content (AvgIpc) is 3.12. The number of carboxylic acid groups (broad SMARTS) is 1. The van der Waals surface area contributed by atoms with Crippen LogP contribution in [0, 0.1) is 6.92 Å². The van der Waals surface area contributed by atoms with Gasteiger partial charge in [0.25, 0.3) is 11.3 Å². The van der Waals surface area contributed by atoms with Crippen LogP contribution in [0.3, 0.4) is 0 Å². The molecule has 4 rings (SSSR count). The zero-order chi connectivity index (χ0) is 22.1. The molecule has 4 aromatic rings. The van der Waals surface area contributed by atoms with Gasteiger partial charge < -0.3 is 9.52 Å². The minimum absolute atomic E-state index is 0.239. The lowest BCUT2D eigenvalue weighted by molar-refractivity contribution is -0.138. The molecular weight excluding hydrogens is 418 g/mol. The maximum atomic E-state index is 13.0. The lowest BCUT2D eigenvalue weighted by Gasteiger charge is -2.26. The summed E-state index contributed by atoms with van der Waals surface area (Å²) in [4.78, 5) is 24.9. The summed E-state index contributed by atoms with van der Waals surface area (Å²) in [6, 6.07) is 17.3. The monoisotopic (exact) mass is 437 g/mol. The minimum Gasteiger partial charge on any atom is -0.480 e. The number of nitrogens with zero attached hydrogens (tertiary/aromatic N) is 1. The highest BCUT2D eigenvalue weighted by Gasteiger charge is 2.32. The fourth-order valence-corrected chi connectivity index (χ4v) is 4.22. The van der Waals surface area contributed by atoms with Gasteiger partial charge in [-0.15, -0.1) is 0 Å². The molecule has 0 bridgehead atoms. The molecule has 0 aliphatic rings. The Morgan fingerprint density at radius 3 is 2.35 bits per heavy atom. The van der Waals surface area contributed by atoms with Crippen molar-refractivity contribution in [2.24, 2.45) is 0 Å². The van der Waals surface area contributed by atoms with Crippen LogP contribution >= 0.6 is 0 Å². The highest BCUT2D eigenvalue weighted by atomic mass is 32.2. The van der Waals surface area contributed by atoms with Crippen molar-refractivity contribution in [3.05, 3.63) is 77.9 Å². The number of carbonyl (C=O) groups is 2. The van der Waals surface area contributed by atoms with E-state index < -0.39 is 35.5 Å². The van der Waals surface area contributed by atoms with E-state index in [4.69, 9.17) is 4.42 Å². The van der Waals surface area contributed by atoms with Gasteiger partial charge in [-0.2, -0.15) is 0 Å². The van der Waals surface area contributed by atoms with Crippen LogP contribution < -0.4 is 4.31 Å². The summed E-state index contributed by atoms with van der Waals surface area (Å²) in [5, 5.41) is 11.3. The van der Waals surface area contributed by atoms with Crippen molar-refractivity contribution < 1.29 is 27.9 Å². The molecule has 2 unspecified atom stereocenters. The molecule has 2 atom stereocenters. The van der Waals surface area contributed by atoms with Crippen molar-refractivity contribution in [1.82, 2.24) is 0 Å². The molecule has 0 spiro atoms. The zero-order valence-corrected chi connectivity index (χ0v) is 17.3. The number of Topliss-reactive ketones (excluding diaryl/α,β-unsaturated/α-hetero) is 1. The van der Waals surface area contributed by atoms with Crippen LogP contribution in [0.2, 0.25) is 0 Å². The summed E-state index contributed by atoms with van der Waals surface area (Å²) in [7, 11) is 0. The van der Waals surface area contributed by atoms with Crippen molar-refractivity contribution in [3.8, 4) is 0 Å². The number of hydrogen-bond acceptors (Lipinski definition) is 4. The first-order chi connectivity index (χ1) is 14.8. The van der Waals surface area contributed by atoms with Gasteiger partial charge in [-0.05, 0) is 43.3 Å². The van der Waals surface area contributed by atoms with E-state index in [2.05, 4.69) is 0 Å². The Labute approximate surface area is 180 Å². The van der Waals surface area contributed by atoms with Gasteiger partial charge in [0, 0.05) is 22.8 Å². The van der Waals surface area contributed by atoms with Crippen LogP contribution in [0.25, 0.3) is 21.9 Å². The second-order valence-electron chi connectivity index (χ2n) is 7.18. The van der Waals surface area contributed by atoms with E-state index in [1.807, 2.05) is 31.2 Å². The Bertz CT molecular complexity index is 1310. The van der Waals surface area contributed by atoms with E-state index in [0.29, 0.717) is 16.7 Å². The summed E-state index contributed by atoms with van der Waals surface area (Å²) >= 11 is -2.63. The smallest absolute Gasteiger partial charge is 0.328 e. The Balaban J connectivity index is 1.68. The molecule has 0 saturated heterocycles. The number of anilines is 1. The van der Waals surface area contributed by atoms with Gasteiger partial charge in [0.1, 0.15) is 17.2 Å². The highest BCUT2D eigenvalue weighted by molar-refractivity contribution is 7.80. The minimum atomic E-state index is -2.63. The fourth-order valence-electron chi connectivity index (χ4n) is 3.53. The van der Waals surface area contributed by atoms with Crippen LogP contribution in [0.4, 0.5) is 5.69 Å². The van der Waals surface area contributed by atoms with Gasteiger partial charge in [0.2, 0.25) is 0 Å². The molecule has 0 radical (unpaired) electrons. The summed E-state index contributed by atoms with van der Waals surface area (Å²) in [5.74, 6) is -1.83. The number of hydrogen-bond donors (Lipinski definition) is 2. The Hall–Kier alpha value is -3.49. The number of carbonyl (C=O) groups excluding carboxylic acids is 1. The third-order valence-corrected chi connectivity index (χ3v) is 5.90. The lowest BCUT2D eigenvalue weighted by atomic mass is 10.0. The summed E-state index contributed by atoms with van der Waals surface area (Å²) in [6.45, 7) is 1.85.